The van der Waals surface area contributed by atoms with Crippen molar-refractivity contribution in [3.63, 3.8) is 0 Å². The van der Waals surface area contributed by atoms with E-state index in [1.165, 1.54) is 4.88 Å². The van der Waals surface area contributed by atoms with Crippen molar-refractivity contribution < 1.29 is 9.90 Å². The maximum atomic E-state index is 10.6. The number of carbonyl (C=O) groups is 1. The van der Waals surface area contributed by atoms with E-state index in [2.05, 4.69) is 22.4 Å². The highest BCUT2D eigenvalue weighted by molar-refractivity contribution is 7.99. The summed E-state index contributed by atoms with van der Waals surface area (Å²) >= 11 is 2.78. The summed E-state index contributed by atoms with van der Waals surface area (Å²) in [5.74, 6) is -0.917. The van der Waals surface area contributed by atoms with Gasteiger partial charge in [0.1, 0.15) is 0 Å². The van der Waals surface area contributed by atoms with Crippen LogP contribution >= 0.6 is 23.1 Å². The quantitative estimate of drug-likeness (QED) is 0.816. The van der Waals surface area contributed by atoms with Gasteiger partial charge in [-0.15, -0.1) is 16.4 Å². The van der Waals surface area contributed by atoms with E-state index in [0.29, 0.717) is 5.16 Å². The first-order chi connectivity index (χ1) is 8.72. The number of hydrogen-bond donors (Lipinski definition) is 1. The standard InChI is InChI=1S/C10H12N4O2S2/c1-2-7(8-4-3-5-17-8)14-10(11-12-13-14)18-6-9(15)16/h3-5,7H,2,6H2,1H3,(H,15,16). The number of thioether (sulfide) groups is 1. The molecule has 18 heavy (non-hydrogen) atoms. The lowest BCUT2D eigenvalue weighted by atomic mass is 10.2. The predicted octanol–water partition coefficient (Wildman–Crippen LogP) is 1.91. The summed E-state index contributed by atoms with van der Waals surface area (Å²) < 4.78 is 1.69. The molecule has 0 saturated carbocycles. The van der Waals surface area contributed by atoms with Gasteiger partial charge in [-0.25, -0.2) is 4.68 Å². The normalized spacial score (nSPS) is 12.5. The third-order valence-corrected chi connectivity index (χ3v) is 4.23. The topological polar surface area (TPSA) is 80.9 Å². The minimum absolute atomic E-state index is 0.0404. The number of hydrogen-bond acceptors (Lipinski definition) is 6. The molecule has 0 radical (unpaired) electrons. The van der Waals surface area contributed by atoms with Crippen molar-refractivity contribution in [2.24, 2.45) is 0 Å². The molecule has 0 aromatic carbocycles. The number of aliphatic carboxylic acids is 1. The second-order valence-electron chi connectivity index (χ2n) is 3.53. The number of thiophene rings is 1. The summed E-state index contributed by atoms with van der Waals surface area (Å²) in [6.07, 6.45) is 0.853. The Hall–Kier alpha value is -1.41. The van der Waals surface area contributed by atoms with E-state index in [1.54, 1.807) is 16.0 Å². The van der Waals surface area contributed by atoms with Crippen molar-refractivity contribution >= 4 is 29.1 Å². The van der Waals surface area contributed by atoms with E-state index in [4.69, 9.17) is 5.11 Å². The smallest absolute Gasteiger partial charge is 0.313 e. The molecule has 6 nitrogen and oxygen atoms in total. The number of nitrogens with zero attached hydrogens (tertiary/aromatic N) is 4. The first-order valence-electron chi connectivity index (χ1n) is 5.38. The highest BCUT2D eigenvalue weighted by Gasteiger charge is 2.19. The van der Waals surface area contributed by atoms with Gasteiger partial charge < -0.3 is 5.11 Å². The maximum Gasteiger partial charge on any atom is 0.313 e. The largest absolute Gasteiger partial charge is 0.481 e. The highest BCUT2D eigenvalue weighted by Crippen LogP contribution is 2.28. The SMILES string of the molecule is CCC(c1cccs1)n1nnnc1SCC(=O)O. The van der Waals surface area contributed by atoms with Crippen LogP contribution in [-0.4, -0.2) is 37.0 Å². The monoisotopic (exact) mass is 284 g/mol. The zero-order chi connectivity index (χ0) is 13.0. The molecule has 2 aromatic rings. The predicted molar refractivity (Wildman–Crippen MR) is 68.9 cm³/mol. The molecular formula is C10H12N4O2S2. The summed E-state index contributed by atoms with van der Waals surface area (Å²) in [6.45, 7) is 2.05. The van der Waals surface area contributed by atoms with Gasteiger partial charge in [-0.05, 0) is 28.3 Å². The first-order valence-corrected chi connectivity index (χ1v) is 7.24. The fraction of sp³-hybridized carbons (Fsp3) is 0.400. The molecule has 0 aliphatic rings. The van der Waals surface area contributed by atoms with E-state index in [9.17, 15) is 4.79 Å². The number of carboxylic acid groups (broad SMARTS) is 1. The Morgan fingerprint density at radius 1 is 1.67 bits per heavy atom. The van der Waals surface area contributed by atoms with Gasteiger partial charge in [-0.1, -0.05) is 24.8 Å². The Labute approximate surface area is 112 Å². The van der Waals surface area contributed by atoms with Gasteiger partial charge in [-0.3, -0.25) is 4.79 Å². The molecule has 0 fully saturated rings. The Morgan fingerprint density at radius 3 is 3.11 bits per heavy atom. The molecule has 1 atom stereocenters. The van der Waals surface area contributed by atoms with Crippen LogP contribution in [0.3, 0.4) is 0 Å². The van der Waals surface area contributed by atoms with E-state index in [0.717, 1.165) is 18.2 Å². The van der Waals surface area contributed by atoms with Gasteiger partial charge in [0.05, 0.1) is 11.8 Å². The van der Waals surface area contributed by atoms with Crippen LogP contribution in [0.25, 0.3) is 0 Å². The minimum atomic E-state index is -0.876. The molecule has 0 saturated heterocycles. The highest BCUT2D eigenvalue weighted by atomic mass is 32.2. The lowest BCUT2D eigenvalue weighted by molar-refractivity contribution is -0.133. The average molecular weight is 284 g/mol. The summed E-state index contributed by atoms with van der Waals surface area (Å²) in [5, 5.41) is 22.7. The molecule has 1 unspecified atom stereocenters. The zero-order valence-electron chi connectivity index (χ0n) is 9.68. The van der Waals surface area contributed by atoms with Crippen molar-refractivity contribution in [2.45, 2.75) is 24.5 Å². The van der Waals surface area contributed by atoms with Crippen LogP contribution < -0.4 is 0 Å². The minimum Gasteiger partial charge on any atom is -0.481 e. The molecule has 96 valence electrons. The Kier molecular flexibility index (Phi) is 4.32. The van der Waals surface area contributed by atoms with E-state index < -0.39 is 5.97 Å². The molecule has 8 heteroatoms. The number of carboxylic acids is 1. The summed E-state index contributed by atoms with van der Waals surface area (Å²) in [7, 11) is 0. The van der Waals surface area contributed by atoms with E-state index >= 15 is 0 Å². The molecule has 1 N–H and O–H groups in total. The Bertz CT molecular complexity index is 512. The summed E-state index contributed by atoms with van der Waals surface area (Å²) in [5.41, 5.74) is 0. The molecule has 0 aliphatic carbocycles. The van der Waals surface area contributed by atoms with Gasteiger partial charge in [0.25, 0.3) is 0 Å². The van der Waals surface area contributed by atoms with Crippen molar-refractivity contribution in [1.82, 2.24) is 20.2 Å². The van der Waals surface area contributed by atoms with Gasteiger partial charge in [0, 0.05) is 4.88 Å². The van der Waals surface area contributed by atoms with Crippen molar-refractivity contribution in [2.75, 3.05) is 5.75 Å². The van der Waals surface area contributed by atoms with Crippen LogP contribution in [0.5, 0.6) is 0 Å². The van der Waals surface area contributed by atoms with Crippen LogP contribution in [-0.2, 0) is 4.79 Å². The third kappa shape index (κ3) is 2.88. The average Bonchev–Trinajstić information content (AvgIpc) is 2.99. The van der Waals surface area contributed by atoms with Crippen LogP contribution in [0.15, 0.2) is 22.7 Å². The van der Waals surface area contributed by atoms with Crippen molar-refractivity contribution in [3.8, 4) is 0 Å². The van der Waals surface area contributed by atoms with E-state index in [1.807, 2.05) is 17.5 Å². The van der Waals surface area contributed by atoms with Crippen molar-refractivity contribution in [1.29, 1.82) is 0 Å². The van der Waals surface area contributed by atoms with Gasteiger partial charge >= 0.3 is 5.97 Å². The van der Waals surface area contributed by atoms with Crippen molar-refractivity contribution in [3.05, 3.63) is 22.4 Å². The molecule has 0 bridgehead atoms. The molecule has 2 aromatic heterocycles. The van der Waals surface area contributed by atoms with Gasteiger partial charge in [-0.2, -0.15) is 0 Å². The lowest BCUT2D eigenvalue weighted by Crippen LogP contribution is -2.12. The zero-order valence-corrected chi connectivity index (χ0v) is 11.3. The molecular weight excluding hydrogens is 272 g/mol. The van der Waals surface area contributed by atoms with Crippen LogP contribution in [0.4, 0.5) is 0 Å². The third-order valence-electron chi connectivity index (χ3n) is 2.34. The molecule has 2 rings (SSSR count). The molecule has 0 spiro atoms. The first kappa shape index (κ1) is 13.0. The number of tetrazole rings is 1. The Balaban J connectivity index is 2.21. The number of aromatic nitrogens is 4. The maximum absolute atomic E-state index is 10.6. The number of rotatable bonds is 6. The van der Waals surface area contributed by atoms with Crippen LogP contribution in [0, 0.1) is 0 Å². The summed E-state index contributed by atoms with van der Waals surface area (Å²) in [6, 6.07) is 4.08. The fourth-order valence-corrected chi connectivity index (χ4v) is 3.12. The summed E-state index contributed by atoms with van der Waals surface area (Å²) in [4.78, 5) is 11.7. The van der Waals surface area contributed by atoms with Crippen LogP contribution in [0.1, 0.15) is 24.3 Å². The molecule has 0 aliphatic heterocycles. The molecule has 2 heterocycles. The second-order valence-corrected chi connectivity index (χ2v) is 5.45. The lowest BCUT2D eigenvalue weighted by Gasteiger charge is -2.14. The second kappa shape index (κ2) is 5.96. The van der Waals surface area contributed by atoms with Crippen LogP contribution in [0.2, 0.25) is 0 Å². The van der Waals surface area contributed by atoms with Gasteiger partial charge in [0.2, 0.25) is 5.16 Å². The van der Waals surface area contributed by atoms with Gasteiger partial charge in [0.15, 0.2) is 0 Å². The van der Waals surface area contributed by atoms with E-state index in [-0.39, 0.29) is 11.8 Å². The Morgan fingerprint density at radius 2 is 2.50 bits per heavy atom. The fourth-order valence-electron chi connectivity index (χ4n) is 1.58. The molecule has 0 amide bonds.